The van der Waals surface area contributed by atoms with Gasteiger partial charge in [0.15, 0.2) is 0 Å². The Hall–Kier alpha value is -5.66. The molecule has 60 heavy (non-hydrogen) atoms. The molecule has 4 aliphatic rings. The van der Waals surface area contributed by atoms with E-state index in [0.29, 0.717) is 64.7 Å². The summed E-state index contributed by atoms with van der Waals surface area (Å²) in [7, 11) is 0. The largest absolute Gasteiger partial charge is 0.379 e. The minimum Gasteiger partial charge on any atom is -0.379 e. The molecule has 4 atom stereocenters. The van der Waals surface area contributed by atoms with E-state index in [-0.39, 0.29) is 29.8 Å². The molecule has 12 nitrogen and oxygen atoms in total. The Morgan fingerprint density at radius 2 is 1.10 bits per heavy atom. The predicted octanol–water partition coefficient (Wildman–Crippen LogP) is 6.48. The van der Waals surface area contributed by atoms with E-state index in [1.54, 1.807) is 4.90 Å². The van der Waals surface area contributed by atoms with E-state index >= 15 is 0 Å². The summed E-state index contributed by atoms with van der Waals surface area (Å²) in [6, 6.07) is 34.7. The second kappa shape index (κ2) is 18.3. The van der Waals surface area contributed by atoms with Crippen molar-refractivity contribution in [2.75, 3.05) is 71.0 Å². The highest BCUT2D eigenvalue weighted by Gasteiger charge is 2.41. The van der Waals surface area contributed by atoms with Crippen LogP contribution in [0.4, 0.5) is 5.69 Å². The Morgan fingerprint density at radius 1 is 0.600 bits per heavy atom. The molecule has 2 N–H and O–H groups in total. The Morgan fingerprint density at radius 3 is 1.68 bits per heavy atom. The SMILES string of the molecule is O=C(Nc1ccc(-c2ccc(-c3cnc([C@@H]4CCCN4C(=O)[C@@H](c4ccccc4)N4CCOCC4)[nH]3)cc2)cc1)[C@@H]1CCCN1C(=O)[C@@H](c1ccccc1)N1CCOCC1. The van der Waals surface area contributed by atoms with Crippen LogP contribution >= 0.6 is 0 Å². The summed E-state index contributed by atoms with van der Waals surface area (Å²) < 4.78 is 11.2. The number of H-pyrrole nitrogens is 1. The number of morpholine rings is 2. The number of imidazole rings is 1. The Labute approximate surface area is 351 Å². The molecule has 0 spiro atoms. The first-order valence-corrected chi connectivity index (χ1v) is 21.4. The van der Waals surface area contributed by atoms with Crippen LogP contribution in [0.5, 0.6) is 0 Å². The van der Waals surface area contributed by atoms with Gasteiger partial charge in [-0.25, -0.2) is 4.98 Å². The monoisotopic (exact) mass is 807 g/mol. The zero-order chi connectivity index (χ0) is 40.8. The van der Waals surface area contributed by atoms with E-state index in [1.165, 1.54) is 0 Å². The lowest BCUT2D eigenvalue weighted by molar-refractivity contribution is -0.143. The van der Waals surface area contributed by atoms with Gasteiger partial charge >= 0.3 is 0 Å². The fraction of sp³-hybridized carbons (Fsp3) is 0.375. The Kier molecular flexibility index (Phi) is 12.1. The molecule has 4 aromatic carbocycles. The molecule has 5 heterocycles. The van der Waals surface area contributed by atoms with Gasteiger partial charge < -0.3 is 29.6 Å². The van der Waals surface area contributed by atoms with E-state index in [9.17, 15) is 14.4 Å². The van der Waals surface area contributed by atoms with Gasteiger partial charge in [-0.3, -0.25) is 24.2 Å². The smallest absolute Gasteiger partial charge is 0.247 e. The molecule has 3 amide bonds. The number of anilines is 1. The van der Waals surface area contributed by atoms with Gasteiger partial charge in [-0.05, 0) is 65.6 Å². The van der Waals surface area contributed by atoms with Crippen molar-refractivity contribution >= 4 is 23.4 Å². The first kappa shape index (κ1) is 39.8. The van der Waals surface area contributed by atoms with Crippen LogP contribution in [0.15, 0.2) is 115 Å². The summed E-state index contributed by atoms with van der Waals surface area (Å²) in [5.74, 6) is 0.733. The normalized spacial score (nSPS) is 21.1. The van der Waals surface area contributed by atoms with Crippen molar-refractivity contribution < 1.29 is 23.9 Å². The number of amides is 3. The number of benzene rings is 4. The molecule has 0 saturated carbocycles. The van der Waals surface area contributed by atoms with Gasteiger partial charge in [0.25, 0.3) is 0 Å². The van der Waals surface area contributed by atoms with Crippen LogP contribution in [0.3, 0.4) is 0 Å². The summed E-state index contributed by atoms with van der Waals surface area (Å²) in [5.41, 5.74) is 6.61. The molecule has 5 aromatic rings. The van der Waals surface area contributed by atoms with Crippen LogP contribution < -0.4 is 5.32 Å². The third kappa shape index (κ3) is 8.51. The third-order valence-electron chi connectivity index (χ3n) is 12.5. The minimum atomic E-state index is -0.529. The van der Waals surface area contributed by atoms with Gasteiger partial charge in [-0.1, -0.05) is 97.1 Å². The van der Waals surface area contributed by atoms with E-state index in [2.05, 4.69) is 44.4 Å². The third-order valence-corrected chi connectivity index (χ3v) is 12.5. The molecule has 4 aliphatic heterocycles. The number of hydrogen-bond donors (Lipinski definition) is 2. The maximum Gasteiger partial charge on any atom is 0.247 e. The van der Waals surface area contributed by atoms with Crippen molar-refractivity contribution in [1.82, 2.24) is 29.6 Å². The zero-order valence-electron chi connectivity index (χ0n) is 34.0. The van der Waals surface area contributed by atoms with Gasteiger partial charge in [-0.15, -0.1) is 0 Å². The van der Waals surface area contributed by atoms with Gasteiger partial charge in [-0.2, -0.15) is 0 Å². The zero-order valence-corrected chi connectivity index (χ0v) is 34.0. The topological polar surface area (TPSA) is 123 Å². The summed E-state index contributed by atoms with van der Waals surface area (Å²) in [6.45, 7) is 6.47. The molecule has 0 radical (unpaired) electrons. The second-order valence-electron chi connectivity index (χ2n) is 16.1. The second-order valence-corrected chi connectivity index (χ2v) is 16.1. The fourth-order valence-electron chi connectivity index (χ4n) is 9.36. The summed E-state index contributed by atoms with van der Waals surface area (Å²) >= 11 is 0. The predicted molar refractivity (Wildman–Crippen MR) is 230 cm³/mol. The van der Waals surface area contributed by atoms with Crippen molar-refractivity contribution in [2.24, 2.45) is 0 Å². The average Bonchev–Trinajstić information content (AvgIpc) is 4.11. The Bertz CT molecular complexity index is 2220. The van der Waals surface area contributed by atoms with Crippen LogP contribution in [0.1, 0.15) is 60.8 Å². The number of likely N-dealkylation sites (tertiary alicyclic amines) is 2. The number of hydrogen-bond acceptors (Lipinski definition) is 8. The van der Waals surface area contributed by atoms with Gasteiger partial charge in [0.2, 0.25) is 17.7 Å². The van der Waals surface area contributed by atoms with Crippen LogP contribution in [0, 0.1) is 0 Å². The van der Waals surface area contributed by atoms with Crippen molar-refractivity contribution in [3.05, 3.63) is 132 Å². The van der Waals surface area contributed by atoms with Crippen LogP contribution in [0.2, 0.25) is 0 Å². The number of carbonyl (C=O) groups is 3. The lowest BCUT2D eigenvalue weighted by Gasteiger charge is -2.37. The number of aromatic amines is 1. The summed E-state index contributed by atoms with van der Waals surface area (Å²) in [6.07, 6.45) is 5.07. The average molecular weight is 808 g/mol. The van der Waals surface area contributed by atoms with Gasteiger partial charge in [0.05, 0.1) is 44.4 Å². The maximum atomic E-state index is 14.3. The van der Waals surface area contributed by atoms with E-state index in [1.807, 2.05) is 96.0 Å². The first-order valence-electron chi connectivity index (χ1n) is 21.4. The molecular formula is C48H53N7O5. The number of ether oxygens (including phenoxy) is 2. The number of carbonyl (C=O) groups excluding carboxylic acids is 3. The molecule has 0 unspecified atom stereocenters. The van der Waals surface area contributed by atoms with Gasteiger partial charge in [0, 0.05) is 45.0 Å². The highest BCUT2D eigenvalue weighted by atomic mass is 16.5. The molecule has 4 fully saturated rings. The van der Waals surface area contributed by atoms with E-state index in [4.69, 9.17) is 14.5 Å². The fourth-order valence-corrected chi connectivity index (χ4v) is 9.36. The van der Waals surface area contributed by atoms with Crippen molar-refractivity contribution in [1.29, 1.82) is 0 Å². The van der Waals surface area contributed by atoms with Crippen LogP contribution in [-0.2, 0) is 23.9 Å². The molecule has 4 saturated heterocycles. The molecule has 9 rings (SSSR count). The van der Waals surface area contributed by atoms with Crippen LogP contribution in [0.25, 0.3) is 22.4 Å². The molecular weight excluding hydrogens is 755 g/mol. The number of nitrogens with zero attached hydrogens (tertiary/aromatic N) is 5. The highest BCUT2D eigenvalue weighted by Crippen LogP contribution is 2.36. The molecule has 1 aromatic heterocycles. The maximum absolute atomic E-state index is 14.3. The Balaban J connectivity index is 0.840. The van der Waals surface area contributed by atoms with Crippen molar-refractivity contribution in [3.63, 3.8) is 0 Å². The number of nitrogens with one attached hydrogen (secondary N) is 2. The highest BCUT2D eigenvalue weighted by molar-refractivity contribution is 5.98. The molecule has 12 heteroatoms. The van der Waals surface area contributed by atoms with E-state index < -0.39 is 12.1 Å². The van der Waals surface area contributed by atoms with Crippen LogP contribution in [-0.4, -0.2) is 119 Å². The van der Waals surface area contributed by atoms with Gasteiger partial charge in [0.1, 0.15) is 23.9 Å². The molecule has 310 valence electrons. The lowest BCUT2D eigenvalue weighted by atomic mass is 10.0. The number of aromatic nitrogens is 2. The minimum absolute atomic E-state index is 0.0297. The van der Waals surface area contributed by atoms with Crippen molar-refractivity contribution in [3.8, 4) is 22.4 Å². The van der Waals surface area contributed by atoms with E-state index in [0.717, 1.165) is 71.7 Å². The quantitative estimate of drug-likeness (QED) is 0.156. The summed E-state index contributed by atoms with van der Waals surface area (Å²) in [4.78, 5) is 58.8. The molecule has 0 aliphatic carbocycles. The summed E-state index contributed by atoms with van der Waals surface area (Å²) in [5, 5.41) is 3.09. The first-order chi connectivity index (χ1) is 29.5. The standard InChI is InChI=1S/C48H53N7O5/c56-46(42-14-8-24-55(42)48(58)44(38-11-5-2-6-12-38)53-27-31-60-32-28-53)50-39-21-19-35(20-22-39)34-15-17-36(18-16-34)40-33-49-45(51-40)41-13-7-23-54(41)47(57)43(37-9-3-1-4-10-37)52-25-29-59-30-26-52/h1-6,9-12,15-22,33,41-44H,7-8,13-14,23-32H2,(H,49,51)(H,50,56)/t41-,42-,43+,44+/m0/s1. The van der Waals surface area contributed by atoms with Crippen molar-refractivity contribution in [2.45, 2.75) is 49.9 Å². The lowest BCUT2D eigenvalue weighted by Crippen LogP contribution is -2.50. The number of rotatable bonds is 11. The molecule has 0 bridgehead atoms.